The lowest BCUT2D eigenvalue weighted by Gasteiger charge is -2.23. The zero-order valence-corrected chi connectivity index (χ0v) is 9.79. The van der Waals surface area contributed by atoms with Gasteiger partial charge in [-0.15, -0.1) is 0 Å². The second-order valence-electron chi connectivity index (χ2n) is 4.46. The molecule has 0 spiro atoms. The zero-order chi connectivity index (χ0) is 10.8. The van der Waals surface area contributed by atoms with E-state index < -0.39 is 0 Å². The van der Waals surface area contributed by atoms with E-state index in [2.05, 4.69) is 44.1 Å². The van der Waals surface area contributed by atoms with Gasteiger partial charge in [-0.1, -0.05) is 12.1 Å². The minimum Gasteiger partial charge on any atom is -0.493 e. The third kappa shape index (κ3) is 2.15. The van der Waals surface area contributed by atoms with Gasteiger partial charge in [-0.3, -0.25) is 0 Å². The molecule has 1 aromatic carbocycles. The van der Waals surface area contributed by atoms with Crippen molar-refractivity contribution in [2.45, 2.75) is 25.8 Å². The summed E-state index contributed by atoms with van der Waals surface area (Å²) in [5, 5.41) is 0. The second kappa shape index (κ2) is 4.23. The maximum absolute atomic E-state index is 5.61. The van der Waals surface area contributed by atoms with Gasteiger partial charge >= 0.3 is 0 Å². The van der Waals surface area contributed by atoms with Gasteiger partial charge < -0.3 is 9.64 Å². The van der Waals surface area contributed by atoms with Crippen molar-refractivity contribution in [3.8, 4) is 5.75 Å². The molecule has 0 bridgehead atoms. The molecular formula is C13H19NO. The highest BCUT2D eigenvalue weighted by Gasteiger charge is 2.13. The lowest BCUT2D eigenvalue weighted by molar-refractivity contribution is 0.286. The number of benzene rings is 1. The molecule has 0 amide bonds. The molecular weight excluding hydrogens is 186 g/mol. The van der Waals surface area contributed by atoms with Crippen LogP contribution < -0.4 is 4.74 Å². The van der Waals surface area contributed by atoms with Crippen molar-refractivity contribution in [3.05, 3.63) is 29.3 Å². The van der Waals surface area contributed by atoms with E-state index >= 15 is 0 Å². The van der Waals surface area contributed by atoms with Crippen LogP contribution in [-0.4, -0.2) is 25.6 Å². The van der Waals surface area contributed by atoms with Crippen LogP contribution in [0.5, 0.6) is 5.75 Å². The van der Waals surface area contributed by atoms with Crippen molar-refractivity contribution in [1.29, 1.82) is 0 Å². The molecule has 0 aromatic heterocycles. The highest BCUT2D eigenvalue weighted by Crippen LogP contribution is 2.28. The molecule has 2 nitrogen and oxygen atoms in total. The SMILES string of the molecule is CC(c1ccc2c(c1)CCCO2)N(C)C. The van der Waals surface area contributed by atoms with Crippen molar-refractivity contribution < 1.29 is 4.74 Å². The van der Waals surface area contributed by atoms with Crippen molar-refractivity contribution in [3.63, 3.8) is 0 Å². The fourth-order valence-electron chi connectivity index (χ4n) is 1.94. The summed E-state index contributed by atoms with van der Waals surface area (Å²) in [7, 11) is 4.22. The number of fused-ring (bicyclic) bond motifs is 1. The van der Waals surface area contributed by atoms with E-state index in [9.17, 15) is 0 Å². The molecule has 1 heterocycles. The van der Waals surface area contributed by atoms with Gasteiger partial charge in [-0.25, -0.2) is 0 Å². The molecule has 82 valence electrons. The van der Waals surface area contributed by atoms with Gasteiger partial charge in [0.2, 0.25) is 0 Å². The fourth-order valence-corrected chi connectivity index (χ4v) is 1.94. The first kappa shape index (κ1) is 10.5. The molecule has 0 saturated heterocycles. The molecule has 1 aliphatic heterocycles. The molecule has 1 unspecified atom stereocenters. The average molecular weight is 205 g/mol. The van der Waals surface area contributed by atoms with Crippen LogP contribution >= 0.6 is 0 Å². The molecule has 1 aliphatic rings. The van der Waals surface area contributed by atoms with Gasteiger partial charge in [-0.2, -0.15) is 0 Å². The Morgan fingerprint density at radius 2 is 2.13 bits per heavy atom. The molecule has 1 aromatic rings. The number of nitrogens with zero attached hydrogens (tertiary/aromatic N) is 1. The van der Waals surface area contributed by atoms with Crippen LogP contribution in [0.4, 0.5) is 0 Å². The average Bonchev–Trinajstić information content (AvgIpc) is 2.27. The van der Waals surface area contributed by atoms with Crippen LogP contribution in [0, 0.1) is 0 Å². The van der Waals surface area contributed by atoms with Gasteiger partial charge in [0.1, 0.15) is 5.75 Å². The zero-order valence-electron chi connectivity index (χ0n) is 9.79. The largest absolute Gasteiger partial charge is 0.493 e. The van der Waals surface area contributed by atoms with Gasteiger partial charge in [0.15, 0.2) is 0 Å². The third-order valence-electron chi connectivity index (χ3n) is 3.19. The van der Waals surface area contributed by atoms with E-state index in [-0.39, 0.29) is 0 Å². The summed E-state index contributed by atoms with van der Waals surface area (Å²) >= 11 is 0. The van der Waals surface area contributed by atoms with Crippen LogP contribution in [0.2, 0.25) is 0 Å². The molecule has 15 heavy (non-hydrogen) atoms. The Morgan fingerprint density at radius 3 is 2.87 bits per heavy atom. The number of hydrogen-bond acceptors (Lipinski definition) is 2. The van der Waals surface area contributed by atoms with E-state index in [0.29, 0.717) is 6.04 Å². The van der Waals surface area contributed by atoms with Crippen molar-refractivity contribution in [1.82, 2.24) is 4.90 Å². The summed E-state index contributed by atoms with van der Waals surface area (Å²) in [6.45, 7) is 3.10. The first-order valence-corrected chi connectivity index (χ1v) is 5.60. The van der Waals surface area contributed by atoms with E-state index in [0.717, 1.165) is 25.2 Å². The molecule has 1 atom stereocenters. The van der Waals surface area contributed by atoms with Gasteiger partial charge in [0, 0.05) is 6.04 Å². The molecule has 0 aliphatic carbocycles. The first-order valence-electron chi connectivity index (χ1n) is 5.60. The lowest BCUT2D eigenvalue weighted by Crippen LogP contribution is -2.17. The van der Waals surface area contributed by atoms with Crippen LogP contribution in [0.3, 0.4) is 0 Å². The maximum Gasteiger partial charge on any atom is 0.122 e. The second-order valence-corrected chi connectivity index (χ2v) is 4.46. The van der Waals surface area contributed by atoms with Crippen LogP contribution in [-0.2, 0) is 6.42 Å². The van der Waals surface area contributed by atoms with Crippen LogP contribution in [0.15, 0.2) is 18.2 Å². The fraction of sp³-hybridized carbons (Fsp3) is 0.538. The standard InChI is InChI=1S/C13H19NO/c1-10(14(2)3)11-6-7-13-12(9-11)5-4-8-15-13/h6-7,9-10H,4-5,8H2,1-3H3. The normalized spacial score (nSPS) is 17.1. The Balaban J connectivity index is 2.27. The molecule has 0 radical (unpaired) electrons. The molecule has 2 heteroatoms. The summed E-state index contributed by atoms with van der Waals surface area (Å²) < 4.78 is 5.61. The number of hydrogen-bond donors (Lipinski definition) is 0. The highest BCUT2D eigenvalue weighted by atomic mass is 16.5. The van der Waals surface area contributed by atoms with E-state index in [1.165, 1.54) is 11.1 Å². The van der Waals surface area contributed by atoms with Crippen LogP contribution in [0.25, 0.3) is 0 Å². The van der Waals surface area contributed by atoms with E-state index in [1.807, 2.05) is 0 Å². The van der Waals surface area contributed by atoms with E-state index in [1.54, 1.807) is 0 Å². The number of aryl methyl sites for hydroxylation is 1. The Hall–Kier alpha value is -1.02. The van der Waals surface area contributed by atoms with Crippen molar-refractivity contribution in [2.75, 3.05) is 20.7 Å². The molecule has 0 saturated carbocycles. The molecule has 0 fully saturated rings. The predicted octanol–water partition coefficient (Wildman–Crippen LogP) is 2.63. The Labute approximate surface area is 91.9 Å². The van der Waals surface area contributed by atoms with Crippen molar-refractivity contribution in [2.24, 2.45) is 0 Å². The molecule has 0 N–H and O–H groups in total. The summed E-state index contributed by atoms with van der Waals surface area (Å²) in [5.41, 5.74) is 2.75. The minimum absolute atomic E-state index is 0.470. The third-order valence-corrected chi connectivity index (χ3v) is 3.19. The first-order chi connectivity index (χ1) is 7.18. The highest BCUT2D eigenvalue weighted by molar-refractivity contribution is 5.39. The van der Waals surface area contributed by atoms with Gasteiger partial charge in [-0.05, 0) is 51.1 Å². The Bertz CT molecular complexity index is 346. The predicted molar refractivity (Wildman–Crippen MR) is 62.4 cm³/mol. The summed E-state index contributed by atoms with van der Waals surface area (Å²) in [4.78, 5) is 2.23. The Morgan fingerprint density at radius 1 is 1.33 bits per heavy atom. The van der Waals surface area contributed by atoms with Gasteiger partial charge in [0.05, 0.1) is 6.61 Å². The molecule has 2 rings (SSSR count). The summed E-state index contributed by atoms with van der Waals surface area (Å²) in [5.74, 6) is 1.08. The lowest BCUT2D eigenvalue weighted by atomic mass is 10.00. The number of ether oxygens (including phenoxy) is 1. The van der Waals surface area contributed by atoms with Crippen molar-refractivity contribution >= 4 is 0 Å². The number of rotatable bonds is 2. The maximum atomic E-state index is 5.61. The summed E-state index contributed by atoms with van der Waals surface area (Å²) in [6.07, 6.45) is 2.30. The van der Waals surface area contributed by atoms with E-state index in [4.69, 9.17) is 4.74 Å². The quantitative estimate of drug-likeness (QED) is 0.736. The topological polar surface area (TPSA) is 12.5 Å². The smallest absolute Gasteiger partial charge is 0.122 e. The monoisotopic (exact) mass is 205 g/mol. The summed E-state index contributed by atoms with van der Waals surface area (Å²) in [6, 6.07) is 7.05. The van der Waals surface area contributed by atoms with Gasteiger partial charge in [0.25, 0.3) is 0 Å². The van der Waals surface area contributed by atoms with Crippen LogP contribution in [0.1, 0.15) is 30.5 Å². The Kier molecular flexibility index (Phi) is 2.96. The minimum atomic E-state index is 0.470.